The monoisotopic (exact) mass is 468 g/mol. The largest absolute Gasteiger partial charge is 0.494 e. The summed E-state index contributed by atoms with van der Waals surface area (Å²) < 4.78 is 33.3. The van der Waals surface area contributed by atoms with Gasteiger partial charge in [0.05, 0.1) is 11.5 Å². The van der Waals surface area contributed by atoms with E-state index in [1.165, 1.54) is 4.31 Å². The Labute approximate surface area is 194 Å². The van der Waals surface area contributed by atoms with Crippen LogP contribution in [0.2, 0.25) is 0 Å². The topological polar surface area (TPSA) is 101 Å². The molecule has 0 amide bonds. The Morgan fingerprint density at radius 2 is 1.76 bits per heavy atom. The molecule has 0 aliphatic carbocycles. The van der Waals surface area contributed by atoms with Gasteiger partial charge in [0.15, 0.2) is 11.6 Å². The van der Waals surface area contributed by atoms with E-state index in [1.54, 1.807) is 24.4 Å². The zero-order chi connectivity index (χ0) is 23.4. The van der Waals surface area contributed by atoms with E-state index in [2.05, 4.69) is 20.5 Å². The standard InChI is InChI=1S/C23H28N6O3S/c1-4-32-20-6-5-19(16-18(20)3)33(30,31)29-13-11-28(12-14-29)23-8-7-21(26-27-23)25-22-15-17(2)9-10-24-22/h5-10,15-16H,4,11-14H2,1-3H3,(H,24,25,26). The Morgan fingerprint density at radius 3 is 2.39 bits per heavy atom. The number of rotatable bonds is 7. The van der Waals surface area contributed by atoms with Gasteiger partial charge in [0.1, 0.15) is 11.6 Å². The summed E-state index contributed by atoms with van der Waals surface area (Å²) in [5.41, 5.74) is 1.91. The molecule has 1 saturated heterocycles. The number of pyridine rings is 1. The number of hydrogen-bond donors (Lipinski definition) is 1. The molecule has 0 bridgehead atoms. The number of anilines is 3. The van der Waals surface area contributed by atoms with Crippen molar-refractivity contribution in [3.63, 3.8) is 0 Å². The van der Waals surface area contributed by atoms with Crippen molar-refractivity contribution < 1.29 is 13.2 Å². The lowest BCUT2D eigenvalue weighted by atomic mass is 10.2. The average Bonchev–Trinajstić information content (AvgIpc) is 2.81. The first-order valence-electron chi connectivity index (χ1n) is 10.9. The van der Waals surface area contributed by atoms with Crippen molar-refractivity contribution in [2.75, 3.05) is 43.0 Å². The summed E-state index contributed by atoms with van der Waals surface area (Å²) in [6.07, 6.45) is 1.74. The fourth-order valence-corrected chi connectivity index (χ4v) is 5.21. The third-order valence-corrected chi connectivity index (χ3v) is 7.36. The Kier molecular flexibility index (Phi) is 6.75. The van der Waals surface area contributed by atoms with Crippen LogP contribution >= 0.6 is 0 Å². The molecule has 10 heteroatoms. The maximum Gasteiger partial charge on any atom is 0.243 e. The molecule has 1 fully saturated rings. The van der Waals surface area contributed by atoms with E-state index in [0.29, 0.717) is 56.0 Å². The molecule has 1 aliphatic rings. The number of hydrogen-bond acceptors (Lipinski definition) is 8. The van der Waals surface area contributed by atoms with Gasteiger partial charge >= 0.3 is 0 Å². The predicted molar refractivity (Wildman–Crippen MR) is 128 cm³/mol. The van der Waals surface area contributed by atoms with E-state index in [9.17, 15) is 8.42 Å². The number of aryl methyl sites for hydroxylation is 2. The van der Waals surface area contributed by atoms with E-state index in [0.717, 1.165) is 11.1 Å². The van der Waals surface area contributed by atoms with Crippen molar-refractivity contribution in [2.24, 2.45) is 0 Å². The zero-order valence-electron chi connectivity index (χ0n) is 19.0. The van der Waals surface area contributed by atoms with E-state index >= 15 is 0 Å². The molecule has 1 aromatic carbocycles. The first-order valence-corrected chi connectivity index (χ1v) is 12.3. The van der Waals surface area contributed by atoms with Crippen LogP contribution in [0.15, 0.2) is 53.6 Å². The molecule has 174 valence electrons. The third kappa shape index (κ3) is 5.23. The second-order valence-corrected chi connectivity index (χ2v) is 9.81. The Hall–Kier alpha value is -3.24. The Balaban J connectivity index is 1.38. The Bertz CT molecular complexity index is 1210. The van der Waals surface area contributed by atoms with Gasteiger partial charge in [0.25, 0.3) is 0 Å². The number of benzene rings is 1. The molecule has 3 heterocycles. The highest BCUT2D eigenvalue weighted by Crippen LogP contribution is 2.25. The molecule has 2 aromatic heterocycles. The fourth-order valence-electron chi connectivity index (χ4n) is 3.70. The molecule has 0 unspecified atom stereocenters. The average molecular weight is 469 g/mol. The van der Waals surface area contributed by atoms with Crippen molar-refractivity contribution in [2.45, 2.75) is 25.7 Å². The second kappa shape index (κ2) is 9.72. The second-order valence-electron chi connectivity index (χ2n) is 7.87. The smallest absolute Gasteiger partial charge is 0.243 e. The summed E-state index contributed by atoms with van der Waals surface area (Å²) in [4.78, 5) is 6.59. The van der Waals surface area contributed by atoms with Crippen LogP contribution in [0.3, 0.4) is 0 Å². The first-order chi connectivity index (χ1) is 15.9. The SMILES string of the molecule is CCOc1ccc(S(=O)(=O)N2CCN(c3ccc(Nc4cc(C)ccn4)nn3)CC2)cc1C. The summed E-state index contributed by atoms with van der Waals surface area (Å²) in [5, 5.41) is 11.7. The zero-order valence-corrected chi connectivity index (χ0v) is 19.8. The minimum Gasteiger partial charge on any atom is -0.494 e. The summed E-state index contributed by atoms with van der Waals surface area (Å²) in [6, 6.07) is 12.6. The van der Waals surface area contributed by atoms with Crippen molar-refractivity contribution in [3.8, 4) is 5.75 Å². The minimum atomic E-state index is -3.57. The van der Waals surface area contributed by atoms with E-state index < -0.39 is 10.0 Å². The van der Waals surface area contributed by atoms with Crippen molar-refractivity contribution in [1.82, 2.24) is 19.5 Å². The summed E-state index contributed by atoms with van der Waals surface area (Å²) in [7, 11) is -3.57. The molecule has 1 aliphatic heterocycles. The molecule has 0 spiro atoms. The molecule has 4 rings (SSSR count). The van der Waals surface area contributed by atoms with Gasteiger partial charge in [-0.1, -0.05) is 0 Å². The lowest BCUT2D eigenvalue weighted by molar-refractivity contribution is 0.337. The van der Waals surface area contributed by atoms with Crippen LogP contribution in [-0.2, 0) is 10.0 Å². The highest BCUT2D eigenvalue weighted by atomic mass is 32.2. The molecular formula is C23H28N6O3S. The molecule has 0 atom stereocenters. The lowest BCUT2D eigenvalue weighted by Gasteiger charge is -2.34. The summed E-state index contributed by atoms with van der Waals surface area (Å²) >= 11 is 0. The van der Waals surface area contributed by atoms with Gasteiger partial charge < -0.3 is 15.0 Å². The van der Waals surface area contributed by atoms with Crippen LogP contribution in [0.4, 0.5) is 17.5 Å². The van der Waals surface area contributed by atoms with E-state index in [-0.39, 0.29) is 4.90 Å². The molecule has 33 heavy (non-hydrogen) atoms. The van der Waals surface area contributed by atoms with E-state index in [1.807, 2.05) is 49.9 Å². The quantitative estimate of drug-likeness (QED) is 0.564. The number of nitrogens with one attached hydrogen (secondary N) is 1. The number of nitrogens with zero attached hydrogens (tertiary/aromatic N) is 5. The third-order valence-electron chi connectivity index (χ3n) is 5.47. The van der Waals surface area contributed by atoms with Crippen LogP contribution in [-0.4, -0.2) is 60.7 Å². The Morgan fingerprint density at radius 1 is 0.970 bits per heavy atom. The normalized spacial score (nSPS) is 14.8. The first kappa shape index (κ1) is 22.9. The van der Waals surface area contributed by atoms with Crippen molar-refractivity contribution in [1.29, 1.82) is 0 Å². The van der Waals surface area contributed by atoms with Crippen LogP contribution in [0.1, 0.15) is 18.1 Å². The molecule has 0 radical (unpaired) electrons. The summed E-state index contributed by atoms with van der Waals surface area (Å²) in [5.74, 6) is 2.73. The molecule has 1 N–H and O–H groups in total. The van der Waals surface area contributed by atoms with Crippen LogP contribution in [0, 0.1) is 13.8 Å². The molecular weight excluding hydrogens is 440 g/mol. The molecule has 0 saturated carbocycles. The maximum atomic E-state index is 13.1. The van der Waals surface area contributed by atoms with E-state index in [4.69, 9.17) is 4.74 Å². The van der Waals surface area contributed by atoms with Gasteiger partial charge in [-0.2, -0.15) is 4.31 Å². The van der Waals surface area contributed by atoms with Gasteiger partial charge in [-0.05, 0) is 74.4 Å². The van der Waals surface area contributed by atoms with Crippen LogP contribution < -0.4 is 15.0 Å². The lowest BCUT2D eigenvalue weighted by Crippen LogP contribution is -2.49. The van der Waals surface area contributed by atoms with Gasteiger partial charge in [0.2, 0.25) is 10.0 Å². The van der Waals surface area contributed by atoms with Crippen molar-refractivity contribution in [3.05, 3.63) is 59.8 Å². The van der Waals surface area contributed by atoms with Crippen LogP contribution in [0.25, 0.3) is 0 Å². The predicted octanol–water partition coefficient (Wildman–Crippen LogP) is 3.14. The molecule has 9 nitrogen and oxygen atoms in total. The van der Waals surface area contributed by atoms with Crippen LogP contribution in [0.5, 0.6) is 5.75 Å². The van der Waals surface area contributed by atoms with Gasteiger partial charge in [-0.3, -0.25) is 0 Å². The number of aromatic nitrogens is 3. The highest BCUT2D eigenvalue weighted by molar-refractivity contribution is 7.89. The summed E-state index contributed by atoms with van der Waals surface area (Å²) in [6.45, 7) is 8.13. The molecule has 3 aromatic rings. The highest BCUT2D eigenvalue weighted by Gasteiger charge is 2.29. The fraction of sp³-hybridized carbons (Fsp3) is 0.348. The maximum absolute atomic E-state index is 13.1. The van der Waals surface area contributed by atoms with Gasteiger partial charge in [0, 0.05) is 32.4 Å². The number of sulfonamides is 1. The number of piperazine rings is 1. The van der Waals surface area contributed by atoms with Gasteiger partial charge in [-0.15, -0.1) is 10.2 Å². The minimum absolute atomic E-state index is 0.289. The van der Waals surface area contributed by atoms with Crippen molar-refractivity contribution >= 4 is 27.5 Å². The van der Waals surface area contributed by atoms with Gasteiger partial charge in [-0.25, -0.2) is 13.4 Å². The number of ether oxygens (including phenoxy) is 1.